The van der Waals surface area contributed by atoms with Crippen molar-refractivity contribution in [3.63, 3.8) is 0 Å². The number of carbonyl (C=O) groups excluding carboxylic acids is 2. The van der Waals surface area contributed by atoms with Crippen molar-refractivity contribution in [3.05, 3.63) is 29.3 Å². The highest BCUT2D eigenvalue weighted by Gasteiger charge is 2.43. The number of benzene rings is 1. The Morgan fingerprint density at radius 1 is 1.24 bits per heavy atom. The van der Waals surface area contributed by atoms with Gasteiger partial charge in [0, 0.05) is 6.04 Å². The van der Waals surface area contributed by atoms with Crippen molar-refractivity contribution in [2.75, 3.05) is 19.7 Å². The first-order valence-corrected chi connectivity index (χ1v) is 7.37. The third-order valence-electron chi connectivity index (χ3n) is 3.99. The van der Waals surface area contributed by atoms with Crippen molar-refractivity contribution in [3.8, 4) is 5.75 Å². The zero-order valence-corrected chi connectivity index (χ0v) is 12.5. The number of aryl methyl sites for hydroxylation is 2. The van der Waals surface area contributed by atoms with Crippen LogP contribution < -0.4 is 4.74 Å². The van der Waals surface area contributed by atoms with E-state index in [2.05, 4.69) is 0 Å². The summed E-state index contributed by atoms with van der Waals surface area (Å²) in [6.45, 7) is 4.87. The summed E-state index contributed by atoms with van der Waals surface area (Å²) in [4.78, 5) is 27.0. The Morgan fingerprint density at radius 2 is 2.00 bits per heavy atom. The zero-order chi connectivity index (χ0) is 15.0. The molecule has 21 heavy (non-hydrogen) atoms. The Kier molecular flexibility index (Phi) is 3.57. The van der Waals surface area contributed by atoms with Crippen LogP contribution in [0, 0.1) is 13.8 Å². The van der Waals surface area contributed by atoms with Gasteiger partial charge in [-0.25, -0.2) is 4.79 Å². The molecule has 1 aromatic rings. The molecule has 0 radical (unpaired) electrons. The predicted octanol–water partition coefficient (Wildman–Crippen LogP) is 2.11. The van der Waals surface area contributed by atoms with Crippen LogP contribution in [-0.4, -0.2) is 47.5 Å². The molecule has 3 amide bonds. The van der Waals surface area contributed by atoms with Crippen LogP contribution in [0.1, 0.15) is 24.0 Å². The molecule has 0 atom stereocenters. The highest BCUT2D eigenvalue weighted by Crippen LogP contribution is 2.30. The van der Waals surface area contributed by atoms with E-state index in [1.807, 2.05) is 32.0 Å². The van der Waals surface area contributed by atoms with Gasteiger partial charge in [-0.2, -0.15) is 0 Å². The molecule has 0 aromatic heterocycles. The minimum Gasteiger partial charge on any atom is -0.491 e. The maximum Gasteiger partial charge on any atom is 0.327 e. The lowest BCUT2D eigenvalue weighted by Crippen LogP contribution is -2.36. The van der Waals surface area contributed by atoms with Gasteiger partial charge < -0.3 is 9.64 Å². The van der Waals surface area contributed by atoms with Gasteiger partial charge >= 0.3 is 6.03 Å². The first-order chi connectivity index (χ1) is 10.1. The van der Waals surface area contributed by atoms with E-state index in [0.717, 1.165) is 29.7 Å². The summed E-state index contributed by atoms with van der Waals surface area (Å²) < 4.78 is 5.72. The van der Waals surface area contributed by atoms with Gasteiger partial charge in [-0.05, 0) is 43.9 Å². The Hall–Kier alpha value is -2.04. The first-order valence-electron chi connectivity index (χ1n) is 7.37. The number of hydrogen-bond acceptors (Lipinski definition) is 3. The lowest BCUT2D eigenvalue weighted by atomic mass is 10.1. The third kappa shape index (κ3) is 2.86. The molecule has 0 spiro atoms. The SMILES string of the molecule is Cc1ccc(C)c(OCCN2C(=O)CN(C3CC3)C2=O)c1. The highest BCUT2D eigenvalue weighted by atomic mass is 16.5. The maximum absolute atomic E-state index is 12.1. The van der Waals surface area contributed by atoms with Crippen LogP contribution in [0.2, 0.25) is 0 Å². The van der Waals surface area contributed by atoms with E-state index < -0.39 is 0 Å². The average molecular weight is 288 g/mol. The van der Waals surface area contributed by atoms with Crippen molar-refractivity contribution in [1.82, 2.24) is 9.80 Å². The molecule has 1 heterocycles. The minimum atomic E-state index is -0.160. The lowest BCUT2D eigenvalue weighted by Gasteiger charge is -2.17. The van der Waals surface area contributed by atoms with E-state index in [0.29, 0.717) is 13.2 Å². The van der Waals surface area contributed by atoms with Crippen molar-refractivity contribution in [2.45, 2.75) is 32.7 Å². The number of amides is 3. The number of ether oxygens (including phenoxy) is 1. The summed E-state index contributed by atoms with van der Waals surface area (Å²) >= 11 is 0. The fourth-order valence-corrected chi connectivity index (χ4v) is 2.56. The van der Waals surface area contributed by atoms with Gasteiger partial charge in [0.05, 0.1) is 6.54 Å². The van der Waals surface area contributed by atoms with Crippen LogP contribution >= 0.6 is 0 Å². The van der Waals surface area contributed by atoms with E-state index in [-0.39, 0.29) is 24.5 Å². The quantitative estimate of drug-likeness (QED) is 0.780. The molecule has 0 bridgehead atoms. The maximum atomic E-state index is 12.1. The summed E-state index contributed by atoms with van der Waals surface area (Å²) in [6, 6.07) is 6.13. The molecule has 5 nitrogen and oxygen atoms in total. The smallest absolute Gasteiger partial charge is 0.327 e. The molecular weight excluding hydrogens is 268 g/mol. The van der Waals surface area contributed by atoms with E-state index in [9.17, 15) is 9.59 Å². The summed E-state index contributed by atoms with van der Waals surface area (Å²) in [5.41, 5.74) is 2.18. The summed E-state index contributed by atoms with van der Waals surface area (Å²) in [6.07, 6.45) is 2.04. The molecule has 1 aliphatic carbocycles. The summed E-state index contributed by atoms with van der Waals surface area (Å²) in [5, 5.41) is 0. The number of nitrogens with zero attached hydrogens (tertiary/aromatic N) is 2. The van der Waals surface area contributed by atoms with Crippen LogP contribution in [-0.2, 0) is 4.79 Å². The summed E-state index contributed by atoms with van der Waals surface area (Å²) in [7, 11) is 0. The molecule has 0 N–H and O–H groups in total. The first kappa shape index (κ1) is 13.9. The largest absolute Gasteiger partial charge is 0.491 e. The topological polar surface area (TPSA) is 49.9 Å². The van der Waals surface area contributed by atoms with Crippen molar-refractivity contribution < 1.29 is 14.3 Å². The standard InChI is InChI=1S/C16H20N2O3/c1-11-3-4-12(2)14(9-11)21-8-7-17-15(19)10-18(16(17)20)13-5-6-13/h3-4,9,13H,5-8,10H2,1-2H3. The molecule has 3 rings (SSSR count). The summed E-state index contributed by atoms with van der Waals surface area (Å²) in [5.74, 6) is 0.699. The molecule has 112 valence electrons. The number of urea groups is 1. The van der Waals surface area contributed by atoms with Gasteiger partial charge in [-0.3, -0.25) is 9.69 Å². The fraction of sp³-hybridized carbons (Fsp3) is 0.500. The van der Waals surface area contributed by atoms with Crippen LogP contribution in [0.5, 0.6) is 5.75 Å². The van der Waals surface area contributed by atoms with E-state index in [4.69, 9.17) is 4.74 Å². The Balaban J connectivity index is 1.56. The van der Waals surface area contributed by atoms with E-state index in [1.54, 1.807) is 4.90 Å². The zero-order valence-electron chi connectivity index (χ0n) is 12.5. The Labute approximate surface area is 124 Å². The second-order valence-corrected chi connectivity index (χ2v) is 5.80. The monoisotopic (exact) mass is 288 g/mol. The van der Waals surface area contributed by atoms with E-state index in [1.165, 1.54) is 4.90 Å². The molecule has 1 aromatic carbocycles. The number of rotatable bonds is 5. The second-order valence-electron chi connectivity index (χ2n) is 5.80. The van der Waals surface area contributed by atoms with Crippen molar-refractivity contribution in [1.29, 1.82) is 0 Å². The molecular formula is C16H20N2O3. The Morgan fingerprint density at radius 3 is 2.71 bits per heavy atom. The molecule has 0 unspecified atom stereocenters. The van der Waals surface area contributed by atoms with Crippen LogP contribution in [0.4, 0.5) is 4.79 Å². The lowest BCUT2D eigenvalue weighted by molar-refractivity contribution is -0.125. The molecule has 2 aliphatic rings. The fourth-order valence-electron chi connectivity index (χ4n) is 2.56. The van der Waals surface area contributed by atoms with Crippen molar-refractivity contribution in [2.24, 2.45) is 0 Å². The molecule has 1 saturated carbocycles. The van der Waals surface area contributed by atoms with Crippen molar-refractivity contribution >= 4 is 11.9 Å². The number of carbonyl (C=O) groups is 2. The van der Waals surface area contributed by atoms with E-state index >= 15 is 0 Å². The number of hydrogen-bond donors (Lipinski definition) is 0. The second kappa shape index (κ2) is 5.39. The Bertz CT molecular complexity index is 581. The van der Waals surface area contributed by atoms with Gasteiger partial charge in [0.2, 0.25) is 5.91 Å². The highest BCUT2D eigenvalue weighted by molar-refractivity contribution is 6.02. The normalized spacial score (nSPS) is 18.6. The average Bonchev–Trinajstić information content (AvgIpc) is 3.24. The predicted molar refractivity (Wildman–Crippen MR) is 78.2 cm³/mol. The van der Waals surface area contributed by atoms with Gasteiger partial charge in [0.1, 0.15) is 18.9 Å². The molecule has 2 fully saturated rings. The number of imide groups is 1. The minimum absolute atomic E-state index is 0.114. The third-order valence-corrected chi connectivity index (χ3v) is 3.99. The molecule has 1 aliphatic heterocycles. The molecule has 1 saturated heterocycles. The van der Waals surface area contributed by atoms with Crippen LogP contribution in [0.15, 0.2) is 18.2 Å². The van der Waals surface area contributed by atoms with Crippen LogP contribution in [0.25, 0.3) is 0 Å². The molecule has 5 heteroatoms. The van der Waals surface area contributed by atoms with Gasteiger partial charge in [-0.1, -0.05) is 12.1 Å². The van der Waals surface area contributed by atoms with Gasteiger partial charge in [0.25, 0.3) is 0 Å². The van der Waals surface area contributed by atoms with Gasteiger partial charge in [0.15, 0.2) is 0 Å². The van der Waals surface area contributed by atoms with Gasteiger partial charge in [-0.15, -0.1) is 0 Å². The van der Waals surface area contributed by atoms with Crippen LogP contribution in [0.3, 0.4) is 0 Å².